The zero-order valence-corrected chi connectivity index (χ0v) is 32.9. The quantitative estimate of drug-likeness (QED) is 0.0294. The van der Waals surface area contributed by atoms with Crippen LogP contribution in [0.5, 0.6) is 0 Å². The van der Waals surface area contributed by atoms with Crippen molar-refractivity contribution in [3.05, 3.63) is 48.6 Å². The number of ether oxygens (including phenoxy) is 2. The predicted octanol–water partition coefficient (Wildman–Crippen LogP) is 12.2. The van der Waals surface area contributed by atoms with Gasteiger partial charge in [0.25, 0.3) is 0 Å². The third-order valence-corrected chi connectivity index (χ3v) is 9.27. The molecule has 0 radical (unpaired) electrons. The van der Waals surface area contributed by atoms with Gasteiger partial charge in [-0.15, -0.1) is 0 Å². The number of carbonyl (C=O) groups excluding carboxylic acids is 2. The van der Waals surface area contributed by atoms with Crippen molar-refractivity contribution in [3.8, 4) is 0 Å². The van der Waals surface area contributed by atoms with Crippen molar-refractivity contribution >= 4 is 19.8 Å². The Labute approximate surface area is 306 Å². The van der Waals surface area contributed by atoms with Crippen LogP contribution in [-0.4, -0.2) is 43.3 Å². The van der Waals surface area contributed by atoms with Crippen molar-refractivity contribution < 1.29 is 37.6 Å². The molecule has 0 bridgehead atoms. The zero-order valence-electron chi connectivity index (χ0n) is 32.0. The zero-order chi connectivity index (χ0) is 36.8. The molecule has 0 saturated carbocycles. The van der Waals surface area contributed by atoms with Crippen LogP contribution in [0.15, 0.2) is 48.6 Å². The molecule has 290 valence electrons. The van der Waals surface area contributed by atoms with Crippen LogP contribution in [0.3, 0.4) is 0 Å². The number of unbranched alkanes of at least 4 members (excludes halogenated alkanes) is 17. The molecular formula is C41H73O8P. The lowest BCUT2D eigenvalue weighted by molar-refractivity contribution is -0.161. The highest BCUT2D eigenvalue weighted by molar-refractivity contribution is 7.47. The van der Waals surface area contributed by atoms with E-state index in [-0.39, 0.29) is 25.4 Å². The molecule has 0 saturated heterocycles. The lowest BCUT2D eigenvalue weighted by Crippen LogP contribution is -2.29. The van der Waals surface area contributed by atoms with Crippen LogP contribution < -0.4 is 0 Å². The number of hydrogen-bond acceptors (Lipinski definition) is 7. The average Bonchev–Trinajstić information content (AvgIpc) is 3.10. The second kappa shape index (κ2) is 36.8. The minimum Gasteiger partial charge on any atom is -0.462 e. The summed E-state index contributed by atoms with van der Waals surface area (Å²) in [5.41, 5.74) is 0. The number of phosphoric ester groups is 1. The first-order valence-corrected chi connectivity index (χ1v) is 21.3. The van der Waals surface area contributed by atoms with E-state index in [0.717, 1.165) is 77.7 Å². The fraction of sp³-hybridized carbons (Fsp3) is 0.756. The third kappa shape index (κ3) is 35.8. The van der Waals surface area contributed by atoms with Crippen molar-refractivity contribution in [2.75, 3.05) is 20.3 Å². The van der Waals surface area contributed by atoms with E-state index in [9.17, 15) is 19.0 Å². The summed E-state index contributed by atoms with van der Waals surface area (Å²) in [7, 11) is -3.21. The van der Waals surface area contributed by atoms with Crippen LogP contribution in [-0.2, 0) is 32.7 Å². The molecule has 0 spiro atoms. The Morgan fingerprint density at radius 3 is 1.52 bits per heavy atom. The molecule has 0 aromatic heterocycles. The molecule has 0 aromatic rings. The fourth-order valence-corrected chi connectivity index (χ4v) is 5.76. The Morgan fingerprint density at radius 2 is 1.02 bits per heavy atom. The highest BCUT2D eigenvalue weighted by Crippen LogP contribution is 2.42. The van der Waals surface area contributed by atoms with E-state index < -0.39 is 26.5 Å². The Bertz CT molecular complexity index is 958. The lowest BCUT2D eigenvalue weighted by atomic mass is 10.0. The number of phosphoric acid groups is 1. The minimum atomic E-state index is -4.26. The topological polar surface area (TPSA) is 108 Å². The van der Waals surface area contributed by atoms with Gasteiger partial charge in [-0.1, -0.05) is 159 Å². The van der Waals surface area contributed by atoms with Crippen LogP contribution in [0.2, 0.25) is 0 Å². The summed E-state index contributed by atoms with van der Waals surface area (Å²) < 4.78 is 31.9. The Hall–Kier alpha value is -1.99. The van der Waals surface area contributed by atoms with Gasteiger partial charge < -0.3 is 14.4 Å². The first-order chi connectivity index (χ1) is 24.3. The maximum absolute atomic E-state index is 12.5. The van der Waals surface area contributed by atoms with Crippen LogP contribution in [0.4, 0.5) is 0 Å². The molecule has 0 rings (SSSR count). The van der Waals surface area contributed by atoms with Gasteiger partial charge >= 0.3 is 19.8 Å². The van der Waals surface area contributed by atoms with Gasteiger partial charge in [-0.25, -0.2) is 4.57 Å². The second-order valence-corrected chi connectivity index (χ2v) is 14.6. The Kier molecular flexibility index (Phi) is 35.3. The first kappa shape index (κ1) is 48.0. The van der Waals surface area contributed by atoms with Crippen molar-refractivity contribution in [1.82, 2.24) is 0 Å². The van der Waals surface area contributed by atoms with E-state index in [0.29, 0.717) is 6.42 Å². The summed E-state index contributed by atoms with van der Waals surface area (Å²) in [6.07, 6.45) is 43.0. The molecule has 0 aliphatic rings. The van der Waals surface area contributed by atoms with Gasteiger partial charge in [0, 0.05) is 20.0 Å². The third-order valence-electron chi connectivity index (χ3n) is 8.34. The summed E-state index contributed by atoms with van der Waals surface area (Å²) >= 11 is 0. The number of rotatable bonds is 36. The van der Waals surface area contributed by atoms with E-state index >= 15 is 0 Å². The van der Waals surface area contributed by atoms with Gasteiger partial charge in [-0.2, -0.15) is 0 Å². The Morgan fingerprint density at radius 1 is 0.580 bits per heavy atom. The summed E-state index contributed by atoms with van der Waals surface area (Å²) in [4.78, 5) is 34.4. The molecule has 0 aromatic carbocycles. The molecule has 1 N–H and O–H groups in total. The van der Waals surface area contributed by atoms with Crippen molar-refractivity contribution in [2.24, 2.45) is 0 Å². The smallest absolute Gasteiger partial charge is 0.462 e. The van der Waals surface area contributed by atoms with Crippen LogP contribution >= 0.6 is 7.82 Å². The van der Waals surface area contributed by atoms with Gasteiger partial charge in [0.05, 0.1) is 6.61 Å². The largest absolute Gasteiger partial charge is 0.472 e. The predicted molar refractivity (Wildman–Crippen MR) is 207 cm³/mol. The summed E-state index contributed by atoms with van der Waals surface area (Å²) in [5, 5.41) is 0. The summed E-state index contributed by atoms with van der Waals surface area (Å²) in [6.45, 7) is 3.75. The number of allylic oxidation sites excluding steroid dienone is 8. The van der Waals surface area contributed by atoms with Gasteiger partial charge in [0.1, 0.15) is 6.61 Å². The van der Waals surface area contributed by atoms with Crippen molar-refractivity contribution in [1.29, 1.82) is 0 Å². The molecule has 0 amide bonds. The van der Waals surface area contributed by atoms with E-state index in [1.807, 2.05) is 0 Å². The molecule has 2 atom stereocenters. The van der Waals surface area contributed by atoms with Gasteiger partial charge in [0.2, 0.25) is 0 Å². The maximum Gasteiger partial charge on any atom is 0.472 e. The normalized spacial score (nSPS) is 13.9. The van der Waals surface area contributed by atoms with E-state index in [1.54, 1.807) is 0 Å². The maximum atomic E-state index is 12.5. The molecular weight excluding hydrogens is 651 g/mol. The summed E-state index contributed by atoms with van der Waals surface area (Å²) in [5.74, 6) is -0.831. The van der Waals surface area contributed by atoms with Gasteiger partial charge in [0.15, 0.2) is 6.10 Å². The monoisotopic (exact) mass is 725 g/mol. The minimum absolute atomic E-state index is 0.217. The lowest BCUT2D eigenvalue weighted by Gasteiger charge is -2.19. The standard InChI is InChI=1S/C41H73O8P/c1-4-6-8-10-12-14-16-18-20-21-22-24-26-28-30-32-34-36-41(43)49-39(38-48-50(44,45)46-3)37-47-40(42)35-33-31-29-27-25-23-19-17-15-13-11-9-7-5-2/h6,8,12,14,18,20,22,24,39H,4-5,7,9-11,13,15-17,19,21,23,25-38H2,1-3H3,(H,44,45)/b8-6-,14-12-,20-18-,24-22-. The Balaban J connectivity index is 4.09. The molecule has 0 fully saturated rings. The van der Waals surface area contributed by atoms with E-state index in [1.165, 1.54) is 70.6 Å². The molecule has 0 aliphatic carbocycles. The number of esters is 2. The van der Waals surface area contributed by atoms with Crippen molar-refractivity contribution in [3.63, 3.8) is 0 Å². The fourth-order valence-electron chi connectivity index (χ4n) is 5.30. The van der Waals surface area contributed by atoms with Crippen LogP contribution in [0.25, 0.3) is 0 Å². The molecule has 9 heteroatoms. The van der Waals surface area contributed by atoms with Crippen molar-refractivity contribution in [2.45, 2.75) is 180 Å². The first-order valence-electron chi connectivity index (χ1n) is 19.8. The SMILES string of the molecule is CC/C=C\C/C=C\C/C=C\C/C=C\CCCCCCC(=O)OC(COC(=O)CCCCCCCCCCCCCCCC)COP(=O)(O)OC. The highest BCUT2D eigenvalue weighted by Gasteiger charge is 2.24. The molecule has 0 aliphatic heterocycles. The second-order valence-electron chi connectivity index (χ2n) is 13.0. The van der Waals surface area contributed by atoms with Gasteiger partial charge in [-0.05, 0) is 51.4 Å². The molecule has 0 heterocycles. The number of carbonyl (C=O) groups is 2. The molecule has 2 unspecified atom stereocenters. The molecule has 8 nitrogen and oxygen atoms in total. The van der Waals surface area contributed by atoms with E-state index in [4.69, 9.17) is 14.0 Å². The van der Waals surface area contributed by atoms with E-state index in [2.05, 4.69) is 67.0 Å². The number of hydrogen-bond donors (Lipinski definition) is 1. The average molecular weight is 725 g/mol. The summed E-state index contributed by atoms with van der Waals surface area (Å²) in [6, 6.07) is 0. The highest BCUT2D eigenvalue weighted by atomic mass is 31.2. The molecule has 50 heavy (non-hydrogen) atoms. The van der Waals surface area contributed by atoms with Gasteiger partial charge in [-0.3, -0.25) is 18.6 Å². The van der Waals surface area contributed by atoms with Crippen LogP contribution in [0, 0.1) is 0 Å². The van der Waals surface area contributed by atoms with Crippen LogP contribution in [0.1, 0.15) is 174 Å².